The minimum absolute atomic E-state index is 0.344. The van der Waals surface area contributed by atoms with Crippen molar-refractivity contribution in [3.63, 3.8) is 0 Å². The van der Waals surface area contributed by atoms with Gasteiger partial charge in [0.05, 0.1) is 18.2 Å². The molecule has 4 aromatic rings. The highest BCUT2D eigenvalue weighted by molar-refractivity contribution is 9.09. The van der Waals surface area contributed by atoms with E-state index in [-0.39, 0.29) is 0 Å². The molecule has 0 aliphatic heterocycles. The highest BCUT2D eigenvalue weighted by atomic mass is 79.9. The molecular weight excluding hydrogens is 454 g/mol. The summed E-state index contributed by atoms with van der Waals surface area (Å²) in [5.41, 5.74) is 6.28. The third kappa shape index (κ3) is 6.61. The summed E-state index contributed by atoms with van der Waals surface area (Å²) < 4.78 is 0. The van der Waals surface area contributed by atoms with Crippen LogP contribution in [0.5, 0.6) is 0 Å². The minimum Gasteiger partial charge on any atom is -0.345 e. The molecule has 0 saturated heterocycles. The molecule has 30 heavy (non-hydrogen) atoms. The van der Waals surface area contributed by atoms with Gasteiger partial charge in [-0.15, -0.1) is 11.6 Å². The number of imidazole rings is 1. The third-order valence-corrected chi connectivity index (χ3v) is 6.35. The first kappa shape index (κ1) is 22.4. The molecule has 1 aromatic heterocycles. The fraction of sp³-hybridized carbons (Fsp3) is 0.160. The normalized spacial score (nSPS) is 11.3. The van der Waals surface area contributed by atoms with Gasteiger partial charge in [0.2, 0.25) is 6.71 Å². The van der Waals surface area contributed by atoms with Crippen molar-refractivity contribution in [2.24, 2.45) is 0 Å². The number of alkyl halides is 2. The Labute approximate surface area is 192 Å². The first-order valence-corrected chi connectivity index (χ1v) is 11.5. The van der Waals surface area contributed by atoms with Crippen molar-refractivity contribution in [2.75, 3.05) is 5.88 Å². The monoisotopic (exact) mass is 478 g/mol. The fourth-order valence-corrected chi connectivity index (χ4v) is 3.75. The van der Waals surface area contributed by atoms with Crippen LogP contribution >= 0.6 is 27.5 Å². The Morgan fingerprint density at radius 3 is 2.23 bits per heavy atom. The van der Waals surface area contributed by atoms with E-state index in [0.29, 0.717) is 17.4 Å². The summed E-state index contributed by atoms with van der Waals surface area (Å²) in [6, 6.07) is 29.5. The summed E-state index contributed by atoms with van der Waals surface area (Å²) in [5.74, 6) is 0.637. The van der Waals surface area contributed by atoms with Crippen LogP contribution < -0.4 is 10.9 Å². The first-order valence-electron chi connectivity index (χ1n) is 10.0. The average Bonchev–Trinajstić information content (AvgIpc) is 3.35. The van der Waals surface area contributed by atoms with Crippen LogP contribution in [0, 0.1) is 0 Å². The molecule has 3 aromatic carbocycles. The quantitative estimate of drug-likeness (QED) is 0.285. The summed E-state index contributed by atoms with van der Waals surface area (Å²) in [4.78, 5) is 7.33. The lowest BCUT2D eigenvalue weighted by Gasteiger charge is -2.12. The standard InChI is InChI=1S/C16H17BBrCl.C9H8N2/c1-17(14-7-3-2-4-8-14)15-9-5-6-13(10-15)11-16(18)12-19;1-2-4-8(5-3-1)9-6-10-7-11-9/h2-10,16H,11-12H2,1H3;1-7H,(H,10,11). The lowest BCUT2D eigenvalue weighted by atomic mass is 9.42. The molecule has 0 amide bonds. The van der Waals surface area contributed by atoms with E-state index in [2.05, 4.69) is 87.3 Å². The second kappa shape index (κ2) is 11.8. The maximum atomic E-state index is 5.85. The van der Waals surface area contributed by atoms with Crippen LogP contribution in [-0.2, 0) is 6.42 Å². The van der Waals surface area contributed by atoms with Gasteiger partial charge in [-0.2, -0.15) is 0 Å². The van der Waals surface area contributed by atoms with Gasteiger partial charge < -0.3 is 4.98 Å². The summed E-state index contributed by atoms with van der Waals surface area (Å²) >= 11 is 9.44. The maximum Gasteiger partial charge on any atom is 0.206 e. The van der Waals surface area contributed by atoms with E-state index in [4.69, 9.17) is 11.6 Å². The number of rotatable bonds is 6. The van der Waals surface area contributed by atoms with Crippen LogP contribution in [0.2, 0.25) is 6.82 Å². The molecule has 0 saturated carbocycles. The van der Waals surface area contributed by atoms with Gasteiger partial charge >= 0.3 is 0 Å². The molecule has 1 heterocycles. The van der Waals surface area contributed by atoms with E-state index in [1.165, 1.54) is 22.1 Å². The van der Waals surface area contributed by atoms with Crippen molar-refractivity contribution < 1.29 is 0 Å². The predicted octanol–water partition coefficient (Wildman–Crippen LogP) is 5.55. The van der Waals surface area contributed by atoms with Gasteiger partial charge in [0.25, 0.3) is 0 Å². The van der Waals surface area contributed by atoms with Gasteiger partial charge in [0.15, 0.2) is 0 Å². The number of aromatic nitrogens is 2. The Balaban J connectivity index is 0.000000196. The van der Waals surface area contributed by atoms with Crippen molar-refractivity contribution in [2.45, 2.75) is 18.1 Å². The molecule has 4 rings (SSSR count). The summed E-state index contributed by atoms with van der Waals surface area (Å²) in [6.07, 6.45) is 4.47. The molecule has 1 unspecified atom stereocenters. The van der Waals surface area contributed by atoms with Crippen LogP contribution in [0.4, 0.5) is 0 Å². The highest BCUT2D eigenvalue weighted by Crippen LogP contribution is 2.13. The maximum absolute atomic E-state index is 5.85. The van der Waals surface area contributed by atoms with E-state index >= 15 is 0 Å². The van der Waals surface area contributed by atoms with Crippen LogP contribution in [-0.4, -0.2) is 27.4 Å². The first-order chi connectivity index (χ1) is 14.7. The molecule has 0 aliphatic carbocycles. The smallest absolute Gasteiger partial charge is 0.206 e. The lowest BCUT2D eigenvalue weighted by Crippen LogP contribution is -2.39. The van der Waals surface area contributed by atoms with Crippen molar-refractivity contribution in [3.05, 3.63) is 103 Å². The molecule has 0 aliphatic rings. The predicted molar refractivity (Wildman–Crippen MR) is 135 cm³/mol. The Morgan fingerprint density at radius 2 is 1.60 bits per heavy atom. The zero-order valence-corrected chi connectivity index (χ0v) is 19.4. The van der Waals surface area contributed by atoms with Crippen LogP contribution in [0.15, 0.2) is 97.5 Å². The summed E-state index contributed by atoms with van der Waals surface area (Å²) in [7, 11) is 0. The lowest BCUT2D eigenvalue weighted by molar-refractivity contribution is 0.967. The minimum atomic E-state index is 0.344. The molecule has 0 spiro atoms. The SMILES string of the molecule is CB(c1ccccc1)c1cccc(CC(Br)CCl)c1.c1ccc(-c2cnc[nH]2)cc1. The van der Waals surface area contributed by atoms with Crippen LogP contribution in [0.3, 0.4) is 0 Å². The highest BCUT2D eigenvalue weighted by Gasteiger charge is 2.13. The summed E-state index contributed by atoms with van der Waals surface area (Å²) in [5, 5.41) is 0. The number of hydrogen-bond acceptors (Lipinski definition) is 1. The van der Waals surface area contributed by atoms with Gasteiger partial charge in [0.1, 0.15) is 0 Å². The number of hydrogen-bond donors (Lipinski definition) is 1. The van der Waals surface area contributed by atoms with E-state index < -0.39 is 0 Å². The van der Waals surface area contributed by atoms with E-state index in [9.17, 15) is 0 Å². The Bertz CT molecular complexity index is 994. The van der Waals surface area contributed by atoms with Gasteiger partial charge in [0, 0.05) is 10.7 Å². The molecular formula is C25H25BBrClN2. The molecule has 0 bridgehead atoms. The number of nitrogens with zero attached hydrogens (tertiary/aromatic N) is 1. The van der Waals surface area contributed by atoms with Crippen molar-refractivity contribution in [1.82, 2.24) is 9.97 Å². The third-order valence-electron chi connectivity index (χ3n) is 4.96. The molecule has 2 nitrogen and oxygen atoms in total. The summed E-state index contributed by atoms with van der Waals surface area (Å²) in [6.45, 7) is 2.67. The number of benzene rings is 3. The molecule has 5 heteroatoms. The second-order valence-electron chi connectivity index (χ2n) is 7.16. The molecule has 1 atom stereocenters. The second-order valence-corrected chi connectivity index (χ2v) is 8.77. The van der Waals surface area contributed by atoms with Gasteiger partial charge in [-0.05, 0) is 17.5 Å². The average molecular weight is 480 g/mol. The topological polar surface area (TPSA) is 28.7 Å². The molecule has 0 radical (unpaired) electrons. The van der Waals surface area contributed by atoms with Crippen LogP contribution in [0.1, 0.15) is 5.56 Å². The Hall–Kier alpha value is -2.30. The number of H-pyrrole nitrogens is 1. The van der Waals surface area contributed by atoms with Crippen molar-refractivity contribution in [3.8, 4) is 11.3 Å². The zero-order chi connectivity index (χ0) is 21.2. The van der Waals surface area contributed by atoms with Gasteiger partial charge in [-0.3, -0.25) is 0 Å². The van der Waals surface area contributed by atoms with Crippen molar-refractivity contribution in [1.29, 1.82) is 0 Å². The largest absolute Gasteiger partial charge is 0.345 e. The fourth-order valence-electron chi connectivity index (χ4n) is 3.27. The number of nitrogens with one attached hydrogen (secondary N) is 1. The van der Waals surface area contributed by atoms with E-state index in [1.54, 1.807) is 6.33 Å². The number of aromatic amines is 1. The van der Waals surface area contributed by atoms with E-state index in [1.807, 2.05) is 36.5 Å². The molecule has 1 N–H and O–H groups in total. The Kier molecular flexibility index (Phi) is 8.79. The van der Waals surface area contributed by atoms with Gasteiger partial charge in [-0.1, -0.05) is 119 Å². The molecule has 152 valence electrons. The van der Waals surface area contributed by atoms with Gasteiger partial charge in [-0.25, -0.2) is 4.98 Å². The number of halogens is 2. The van der Waals surface area contributed by atoms with E-state index in [0.717, 1.165) is 12.1 Å². The van der Waals surface area contributed by atoms with Crippen molar-refractivity contribution >= 4 is 45.2 Å². The molecule has 0 fully saturated rings. The van der Waals surface area contributed by atoms with Crippen LogP contribution in [0.25, 0.3) is 11.3 Å². The Morgan fingerprint density at radius 1 is 0.933 bits per heavy atom. The zero-order valence-electron chi connectivity index (χ0n) is 17.0.